The van der Waals surface area contributed by atoms with Crippen LogP contribution in [-0.2, 0) is 0 Å². The summed E-state index contributed by atoms with van der Waals surface area (Å²) in [5.74, 6) is -6.58. The Balaban J connectivity index is 1.78. The minimum atomic E-state index is -1.72. The summed E-state index contributed by atoms with van der Waals surface area (Å²) in [5.41, 5.74) is 3.08. The van der Waals surface area contributed by atoms with Crippen LogP contribution >= 0.6 is 0 Å². The van der Waals surface area contributed by atoms with Crippen LogP contribution in [0.4, 0.5) is 17.6 Å². The van der Waals surface area contributed by atoms with Crippen molar-refractivity contribution in [3.63, 3.8) is 0 Å². The second kappa shape index (κ2) is 6.90. The molecule has 0 aliphatic heterocycles. The predicted octanol–water partition coefficient (Wildman–Crippen LogP) is 6.09. The zero-order valence-electron chi connectivity index (χ0n) is 17.0. The summed E-state index contributed by atoms with van der Waals surface area (Å²) >= 11 is 0. The first kappa shape index (κ1) is 19.5. The predicted molar refractivity (Wildman–Crippen MR) is 116 cm³/mol. The molecule has 1 aliphatic carbocycles. The molecule has 33 heavy (non-hydrogen) atoms. The first-order valence-corrected chi connectivity index (χ1v) is 10.0. The fourth-order valence-electron chi connectivity index (χ4n) is 4.27. The summed E-state index contributed by atoms with van der Waals surface area (Å²) < 4.78 is 57.2. The molecule has 0 saturated carbocycles. The van der Waals surface area contributed by atoms with Crippen LogP contribution in [0.5, 0.6) is 0 Å². The summed E-state index contributed by atoms with van der Waals surface area (Å²) in [5, 5.41) is 0.784. The molecule has 1 aliphatic rings. The van der Waals surface area contributed by atoms with Crippen LogP contribution in [0.2, 0.25) is 0 Å². The third-order valence-electron chi connectivity index (χ3n) is 5.77. The number of fused-ring (bicyclic) bond motifs is 5. The van der Waals surface area contributed by atoms with Crippen LogP contribution in [0, 0.1) is 23.5 Å². The Bertz CT molecular complexity index is 1560. The number of hydrogen-bond acceptors (Lipinski definition) is 4. The molecule has 3 heterocycles. The molecule has 160 valence electrons. The van der Waals surface area contributed by atoms with E-state index in [1.807, 2.05) is 36.4 Å². The highest BCUT2D eigenvalue weighted by Gasteiger charge is 2.33. The smallest absolute Gasteiger partial charge is 0.245 e. The number of halogens is 4. The highest BCUT2D eigenvalue weighted by Crippen LogP contribution is 2.47. The van der Waals surface area contributed by atoms with Gasteiger partial charge in [-0.2, -0.15) is 13.8 Å². The maximum atomic E-state index is 14.7. The minimum Gasteiger partial charge on any atom is -0.245 e. The molecular weight excluding hydrogens is 432 g/mol. The van der Waals surface area contributed by atoms with E-state index in [4.69, 9.17) is 9.97 Å². The molecule has 6 rings (SSSR count). The fraction of sp³-hybridized carbons (Fsp3) is 0.0400. The normalized spacial score (nSPS) is 14.0. The second-order valence-corrected chi connectivity index (χ2v) is 7.68. The molecule has 8 heteroatoms. The van der Waals surface area contributed by atoms with Gasteiger partial charge < -0.3 is 0 Å². The fourth-order valence-corrected chi connectivity index (χ4v) is 4.27. The Morgan fingerprint density at radius 2 is 1.18 bits per heavy atom. The molecule has 0 saturated heterocycles. The molecule has 0 unspecified atom stereocenters. The molecule has 2 aromatic carbocycles. The maximum Gasteiger partial charge on any atom is 0.252 e. The lowest BCUT2D eigenvalue weighted by Gasteiger charge is -2.12. The molecule has 0 amide bonds. The van der Waals surface area contributed by atoms with Crippen LogP contribution in [0.25, 0.3) is 44.5 Å². The Labute approximate surface area is 184 Å². The summed E-state index contributed by atoms with van der Waals surface area (Å²) in [6.07, 6.45) is 0. The van der Waals surface area contributed by atoms with Gasteiger partial charge in [-0.15, -0.1) is 0 Å². The molecular formula is C25H12F4N4. The lowest BCUT2D eigenvalue weighted by Crippen LogP contribution is -2.06. The number of nitrogens with zero attached hydrogens (tertiary/aromatic N) is 4. The first-order valence-electron chi connectivity index (χ1n) is 10.0. The highest BCUT2D eigenvalue weighted by atomic mass is 19.2. The Hall–Kier alpha value is -4.20. The number of allylic oxidation sites excluding steroid dienone is 1. The number of hydrogen-bond donors (Lipinski definition) is 0. The van der Waals surface area contributed by atoms with Gasteiger partial charge in [0, 0.05) is 16.5 Å². The van der Waals surface area contributed by atoms with E-state index < -0.39 is 29.1 Å². The maximum absolute atomic E-state index is 14.7. The van der Waals surface area contributed by atoms with Gasteiger partial charge >= 0.3 is 0 Å². The van der Waals surface area contributed by atoms with Crippen LogP contribution in [0.15, 0.2) is 54.6 Å². The third kappa shape index (κ3) is 2.77. The molecule has 0 atom stereocenters. The van der Waals surface area contributed by atoms with Gasteiger partial charge in [0.25, 0.3) is 11.9 Å². The van der Waals surface area contributed by atoms with E-state index in [2.05, 4.69) is 9.97 Å². The summed E-state index contributed by atoms with van der Waals surface area (Å²) in [6.45, 7) is 1.39. The number of rotatable bonds is 1. The van der Waals surface area contributed by atoms with Gasteiger partial charge in [-0.25, -0.2) is 23.7 Å². The molecule has 0 spiro atoms. The van der Waals surface area contributed by atoms with Gasteiger partial charge in [0.05, 0.1) is 33.5 Å². The third-order valence-corrected chi connectivity index (χ3v) is 5.77. The van der Waals surface area contributed by atoms with E-state index in [0.717, 1.165) is 5.39 Å². The highest BCUT2D eigenvalue weighted by molar-refractivity contribution is 6.10. The SMILES string of the molecule is C/C(=C1\c2cc3ccccc3nc2-c2nc3ccccc3nc21)c1c(F)c(F)nc(F)c1F. The van der Waals surface area contributed by atoms with Crippen molar-refractivity contribution < 1.29 is 17.6 Å². The van der Waals surface area contributed by atoms with E-state index in [9.17, 15) is 17.6 Å². The number of para-hydroxylation sites is 3. The molecule has 4 nitrogen and oxygen atoms in total. The Kier molecular flexibility index (Phi) is 4.07. The Morgan fingerprint density at radius 1 is 0.636 bits per heavy atom. The van der Waals surface area contributed by atoms with E-state index in [1.54, 1.807) is 18.2 Å². The van der Waals surface area contributed by atoms with Gasteiger partial charge in [-0.05, 0) is 36.8 Å². The van der Waals surface area contributed by atoms with Crippen molar-refractivity contribution in [1.82, 2.24) is 19.9 Å². The monoisotopic (exact) mass is 444 g/mol. The quantitative estimate of drug-likeness (QED) is 0.228. The molecule has 5 aromatic rings. The van der Waals surface area contributed by atoms with Gasteiger partial charge in [-0.3, -0.25) is 0 Å². The summed E-state index contributed by atoms with van der Waals surface area (Å²) in [7, 11) is 0. The number of pyridine rings is 2. The van der Waals surface area contributed by atoms with Crippen LogP contribution < -0.4 is 0 Å². The van der Waals surface area contributed by atoms with Crippen molar-refractivity contribution in [2.45, 2.75) is 6.92 Å². The molecule has 0 bridgehead atoms. The van der Waals surface area contributed by atoms with Gasteiger partial charge in [0.2, 0.25) is 0 Å². The zero-order valence-corrected chi connectivity index (χ0v) is 17.0. The van der Waals surface area contributed by atoms with Crippen molar-refractivity contribution >= 4 is 33.1 Å². The van der Waals surface area contributed by atoms with Crippen molar-refractivity contribution in [2.75, 3.05) is 0 Å². The van der Waals surface area contributed by atoms with Crippen molar-refractivity contribution in [1.29, 1.82) is 0 Å². The van der Waals surface area contributed by atoms with Crippen LogP contribution in [-0.4, -0.2) is 19.9 Å². The van der Waals surface area contributed by atoms with Crippen LogP contribution in [0.3, 0.4) is 0 Å². The van der Waals surface area contributed by atoms with Gasteiger partial charge in [0.15, 0.2) is 11.6 Å². The molecule has 0 radical (unpaired) electrons. The van der Waals surface area contributed by atoms with E-state index in [-0.39, 0.29) is 5.57 Å². The molecule has 3 aromatic heterocycles. The van der Waals surface area contributed by atoms with Crippen molar-refractivity contribution in [3.05, 3.63) is 94.9 Å². The topological polar surface area (TPSA) is 51.6 Å². The van der Waals surface area contributed by atoms with Gasteiger partial charge in [-0.1, -0.05) is 30.3 Å². The molecule has 0 fully saturated rings. The lowest BCUT2D eigenvalue weighted by molar-refractivity contribution is 0.404. The summed E-state index contributed by atoms with van der Waals surface area (Å²) in [4.78, 5) is 16.8. The van der Waals surface area contributed by atoms with Crippen molar-refractivity contribution in [3.8, 4) is 11.4 Å². The number of benzene rings is 2. The first-order chi connectivity index (χ1) is 15.9. The lowest BCUT2D eigenvalue weighted by atomic mass is 9.96. The zero-order chi connectivity index (χ0) is 22.9. The Morgan fingerprint density at radius 3 is 1.85 bits per heavy atom. The average Bonchev–Trinajstić information content (AvgIpc) is 3.12. The van der Waals surface area contributed by atoms with E-state index in [0.29, 0.717) is 44.8 Å². The van der Waals surface area contributed by atoms with Gasteiger partial charge in [0.1, 0.15) is 5.69 Å². The molecule has 0 N–H and O–H groups in total. The summed E-state index contributed by atoms with van der Waals surface area (Å²) in [6, 6.07) is 16.4. The van der Waals surface area contributed by atoms with Crippen LogP contribution in [0.1, 0.15) is 23.7 Å². The average molecular weight is 444 g/mol. The largest absolute Gasteiger partial charge is 0.252 e. The standard InChI is InChI=1S/C25H12F4N4/c1-11(18-19(26)24(28)33-25(29)20(18)27)17-13-10-12-6-2-3-7-14(12)30-21(13)23-22(17)31-15-8-4-5-9-16(15)32-23/h2-10H,1H3/b17-11-. The van der Waals surface area contributed by atoms with E-state index in [1.165, 1.54) is 6.92 Å². The second-order valence-electron chi connectivity index (χ2n) is 7.68. The van der Waals surface area contributed by atoms with Crippen molar-refractivity contribution in [2.24, 2.45) is 0 Å². The van der Waals surface area contributed by atoms with E-state index >= 15 is 0 Å². The number of aromatic nitrogens is 4. The minimum absolute atomic E-state index is 0.0353.